The van der Waals surface area contributed by atoms with E-state index in [9.17, 15) is 9.50 Å². The van der Waals surface area contributed by atoms with E-state index in [1.807, 2.05) is 24.3 Å². The molecule has 2 unspecified atom stereocenters. The SMILES string of the molecule is N#Cc1ccc(F)c(C2(O)CC3COCC(C2)N3Cc2ccccc2)c1. The Morgan fingerprint density at radius 1 is 1.15 bits per heavy atom. The average molecular weight is 352 g/mol. The molecular formula is C21H21FN2O2. The Morgan fingerprint density at radius 3 is 2.50 bits per heavy atom. The number of hydrogen-bond acceptors (Lipinski definition) is 4. The van der Waals surface area contributed by atoms with Crippen molar-refractivity contribution in [2.24, 2.45) is 0 Å². The summed E-state index contributed by atoms with van der Waals surface area (Å²) >= 11 is 0. The highest BCUT2D eigenvalue weighted by Crippen LogP contribution is 2.42. The Kier molecular flexibility index (Phi) is 4.49. The third-order valence-electron chi connectivity index (χ3n) is 5.51. The predicted molar refractivity (Wildman–Crippen MR) is 94.6 cm³/mol. The van der Waals surface area contributed by atoms with E-state index in [2.05, 4.69) is 17.0 Å². The van der Waals surface area contributed by atoms with Crippen molar-refractivity contribution in [1.29, 1.82) is 5.26 Å². The van der Waals surface area contributed by atoms with Crippen LogP contribution in [0.15, 0.2) is 48.5 Å². The standard InChI is InChI=1S/C21H21FN2O2/c22-20-7-6-16(11-23)8-19(20)21(25)9-17-13-26-14-18(10-21)24(17)12-15-4-2-1-3-5-15/h1-8,17-18,25H,9-10,12-14H2. The number of piperidine rings is 1. The minimum absolute atomic E-state index is 0.0119. The summed E-state index contributed by atoms with van der Waals surface area (Å²) in [5, 5.41) is 20.4. The first-order valence-corrected chi connectivity index (χ1v) is 8.89. The first kappa shape index (κ1) is 17.2. The lowest BCUT2D eigenvalue weighted by atomic mass is 9.76. The summed E-state index contributed by atoms with van der Waals surface area (Å²) in [6, 6.07) is 16.5. The number of nitriles is 1. The van der Waals surface area contributed by atoms with Crippen LogP contribution in [0.2, 0.25) is 0 Å². The molecule has 4 rings (SSSR count). The summed E-state index contributed by atoms with van der Waals surface area (Å²) in [5.74, 6) is -0.456. The second kappa shape index (κ2) is 6.81. The van der Waals surface area contributed by atoms with Gasteiger partial charge in [-0.1, -0.05) is 30.3 Å². The second-order valence-corrected chi connectivity index (χ2v) is 7.25. The maximum absolute atomic E-state index is 14.4. The molecule has 1 N–H and O–H groups in total. The maximum Gasteiger partial charge on any atom is 0.129 e. The maximum atomic E-state index is 14.4. The predicted octanol–water partition coefficient (Wildman–Crippen LogP) is 2.95. The summed E-state index contributed by atoms with van der Waals surface area (Å²) in [5.41, 5.74) is 0.534. The topological polar surface area (TPSA) is 56.5 Å². The van der Waals surface area contributed by atoms with Gasteiger partial charge in [0, 0.05) is 24.2 Å². The summed E-state index contributed by atoms with van der Waals surface area (Å²) in [6.45, 7) is 1.83. The number of halogens is 1. The zero-order valence-electron chi connectivity index (χ0n) is 14.4. The Morgan fingerprint density at radius 2 is 1.85 bits per heavy atom. The molecule has 2 fully saturated rings. The first-order chi connectivity index (χ1) is 12.6. The van der Waals surface area contributed by atoms with Crippen molar-refractivity contribution < 1.29 is 14.2 Å². The van der Waals surface area contributed by atoms with Crippen LogP contribution < -0.4 is 0 Å². The highest BCUT2D eigenvalue weighted by Gasteiger charge is 2.47. The Balaban J connectivity index is 1.62. The molecule has 2 heterocycles. The first-order valence-electron chi connectivity index (χ1n) is 8.89. The highest BCUT2D eigenvalue weighted by molar-refractivity contribution is 5.37. The highest BCUT2D eigenvalue weighted by atomic mass is 19.1. The van der Waals surface area contributed by atoms with Gasteiger partial charge in [-0.15, -0.1) is 0 Å². The number of ether oxygens (including phenoxy) is 1. The van der Waals surface area contributed by atoms with Crippen LogP contribution in [-0.2, 0) is 16.9 Å². The van der Waals surface area contributed by atoms with Crippen LogP contribution in [0.25, 0.3) is 0 Å². The number of hydrogen-bond donors (Lipinski definition) is 1. The number of morpholine rings is 1. The molecular weight excluding hydrogens is 331 g/mol. The summed E-state index contributed by atoms with van der Waals surface area (Å²) in [7, 11) is 0. The Labute approximate surface area is 152 Å². The van der Waals surface area contributed by atoms with Crippen LogP contribution in [0.3, 0.4) is 0 Å². The smallest absolute Gasteiger partial charge is 0.129 e. The number of benzene rings is 2. The van der Waals surface area contributed by atoms with Gasteiger partial charge in [0.1, 0.15) is 5.82 Å². The largest absolute Gasteiger partial charge is 0.385 e. The van der Waals surface area contributed by atoms with Crippen LogP contribution >= 0.6 is 0 Å². The molecule has 2 saturated heterocycles. The molecule has 2 bridgehead atoms. The van der Waals surface area contributed by atoms with Gasteiger partial charge in [0.05, 0.1) is 30.4 Å². The van der Waals surface area contributed by atoms with Crippen LogP contribution in [0, 0.1) is 17.1 Å². The van der Waals surface area contributed by atoms with Crippen molar-refractivity contribution in [2.75, 3.05) is 13.2 Å². The molecule has 2 aromatic carbocycles. The molecule has 2 aliphatic heterocycles. The van der Waals surface area contributed by atoms with E-state index in [-0.39, 0.29) is 17.6 Å². The lowest BCUT2D eigenvalue weighted by molar-refractivity contribution is -0.150. The summed E-state index contributed by atoms with van der Waals surface area (Å²) in [4.78, 5) is 2.36. The molecule has 0 saturated carbocycles. The molecule has 0 radical (unpaired) electrons. The molecule has 2 aliphatic rings. The quantitative estimate of drug-likeness (QED) is 0.923. The monoisotopic (exact) mass is 352 g/mol. The Bertz CT molecular complexity index is 820. The fourth-order valence-corrected chi connectivity index (χ4v) is 4.27. The molecule has 4 nitrogen and oxygen atoms in total. The van der Waals surface area contributed by atoms with Crippen molar-refractivity contribution in [3.05, 3.63) is 71.0 Å². The van der Waals surface area contributed by atoms with Crippen molar-refractivity contribution in [3.63, 3.8) is 0 Å². The van der Waals surface area contributed by atoms with Gasteiger partial charge in [0.15, 0.2) is 0 Å². The average Bonchev–Trinajstić information content (AvgIpc) is 2.64. The van der Waals surface area contributed by atoms with Crippen molar-refractivity contribution in [1.82, 2.24) is 4.90 Å². The van der Waals surface area contributed by atoms with Gasteiger partial charge in [-0.05, 0) is 36.6 Å². The van der Waals surface area contributed by atoms with Crippen LogP contribution in [0.5, 0.6) is 0 Å². The van der Waals surface area contributed by atoms with Gasteiger partial charge >= 0.3 is 0 Å². The van der Waals surface area contributed by atoms with Crippen LogP contribution in [0.1, 0.15) is 29.5 Å². The fourth-order valence-electron chi connectivity index (χ4n) is 4.27. The molecule has 134 valence electrons. The van der Waals surface area contributed by atoms with Gasteiger partial charge in [0.2, 0.25) is 0 Å². The number of fused-ring (bicyclic) bond motifs is 2. The molecule has 0 amide bonds. The molecule has 2 atom stereocenters. The van der Waals surface area contributed by atoms with Gasteiger partial charge < -0.3 is 9.84 Å². The number of nitrogens with zero attached hydrogens (tertiary/aromatic N) is 2. The molecule has 5 heteroatoms. The van der Waals surface area contributed by atoms with E-state index in [4.69, 9.17) is 10.00 Å². The number of aliphatic hydroxyl groups is 1. The molecule has 0 aromatic heterocycles. The lowest BCUT2D eigenvalue weighted by Crippen LogP contribution is -2.60. The zero-order chi connectivity index (χ0) is 18.1. The molecule has 0 aliphatic carbocycles. The third-order valence-corrected chi connectivity index (χ3v) is 5.51. The van der Waals surface area contributed by atoms with Gasteiger partial charge in [0.25, 0.3) is 0 Å². The van der Waals surface area contributed by atoms with Crippen molar-refractivity contribution >= 4 is 0 Å². The van der Waals surface area contributed by atoms with E-state index < -0.39 is 11.4 Å². The normalized spacial score (nSPS) is 28.5. The minimum Gasteiger partial charge on any atom is -0.385 e. The van der Waals surface area contributed by atoms with Gasteiger partial charge in [-0.2, -0.15) is 5.26 Å². The molecule has 2 aromatic rings. The summed E-state index contributed by atoms with van der Waals surface area (Å²) < 4.78 is 20.2. The number of rotatable bonds is 3. The van der Waals surface area contributed by atoms with Crippen LogP contribution in [0.4, 0.5) is 4.39 Å². The second-order valence-electron chi connectivity index (χ2n) is 7.25. The van der Waals surface area contributed by atoms with E-state index in [0.717, 1.165) is 6.54 Å². The molecule has 26 heavy (non-hydrogen) atoms. The Hall–Kier alpha value is -2.26. The van der Waals surface area contributed by atoms with E-state index in [1.165, 1.54) is 23.8 Å². The zero-order valence-corrected chi connectivity index (χ0v) is 14.4. The van der Waals surface area contributed by atoms with Crippen molar-refractivity contribution in [2.45, 2.75) is 37.1 Å². The summed E-state index contributed by atoms with van der Waals surface area (Å²) in [6.07, 6.45) is 0.782. The van der Waals surface area contributed by atoms with E-state index in [0.29, 0.717) is 31.6 Å². The third kappa shape index (κ3) is 3.12. The van der Waals surface area contributed by atoms with Gasteiger partial charge in [-0.3, -0.25) is 4.90 Å². The fraction of sp³-hybridized carbons (Fsp3) is 0.381. The lowest BCUT2D eigenvalue weighted by Gasteiger charge is -2.52. The minimum atomic E-state index is -1.27. The molecule has 0 spiro atoms. The van der Waals surface area contributed by atoms with E-state index >= 15 is 0 Å². The van der Waals surface area contributed by atoms with E-state index in [1.54, 1.807) is 0 Å². The van der Waals surface area contributed by atoms with Crippen LogP contribution in [-0.4, -0.2) is 35.3 Å². The van der Waals surface area contributed by atoms with Crippen molar-refractivity contribution in [3.8, 4) is 6.07 Å². The van der Waals surface area contributed by atoms with Gasteiger partial charge in [-0.25, -0.2) is 4.39 Å².